The van der Waals surface area contributed by atoms with Crippen molar-refractivity contribution in [3.8, 4) is 0 Å². The zero-order chi connectivity index (χ0) is 15.8. The molecule has 0 fully saturated rings. The number of carboxylic acid groups (broad SMARTS) is 1. The number of rotatable bonds is 8. The summed E-state index contributed by atoms with van der Waals surface area (Å²) in [5.41, 5.74) is 0. The van der Waals surface area contributed by atoms with Gasteiger partial charge in [0.25, 0.3) is 0 Å². The number of urea groups is 1. The van der Waals surface area contributed by atoms with E-state index in [-0.39, 0.29) is 6.42 Å². The third-order valence-electron chi connectivity index (χ3n) is 2.51. The first-order valence-corrected chi connectivity index (χ1v) is 5.97. The quantitative estimate of drug-likeness (QED) is 0.665. The first-order valence-electron chi connectivity index (χ1n) is 5.97. The van der Waals surface area contributed by atoms with Gasteiger partial charge in [-0.3, -0.25) is 0 Å². The van der Waals surface area contributed by atoms with Gasteiger partial charge in [0.1, 0.15) is 6.04 Å². The minimum Gasteiger partial charge on any atom is -0.480 e. The van der Waals surface area contributed by atoms with E-state index in [0.29, 0.717) is 13.0 Å². The molecule has 1 unspecified atom stereocenters. The van der Waals surface area contributed by atoms with Gasteiger partial charge in [-0.15, -0.1) is 0 Å². The van der Waals surface area contributed by atoms with E-state index < -0.39 is 37.2 Å². The van der Waals surface area contributed by atoms with Crippen molar-refractivity contribution in [1.29, 1.82) is 0 Å². The monoisotopic (exact) mass is 300 g/mol. The average molecular weight is 300 g/mol. The number of carbonyl (C=O) groups is 2. The largest absolute Gasteiger partial charge is 0.480 e. The maximum atomic E-state index is 12.0. The van der Waals surface area contributed by atoms with Crippen LogP contribution in [0.2, 0.25) is 0 Å². The summed E-state index contributed by atoms with van der Waals surface area (Å²) in [6.07, 6.45) is -4.94. The van der Waals surface area contributed by atoms with Gasteiger partial charge in [0.15, 0.2) is 0 Å². The molecule has 0 aliphatic rings. The third kappa shape index (κ3) is 8.57. The molecule has 0 aliphatic heterocycles. The number of aliphatic carboxylic acids is 1. The average Bonchev–Trinajstić information content (AvgIpc) is 2.33. The Kier molecular flexibility index (Phi) is 7.97. The van der Waals surface area contributed by atoms with E-state index in [4.69, 9.17) is 9.84 Å². The number of amides is 2. The number of hydrogen-bond donors (Lipinski definition) is 2. The molecule has 0 aromatic carbocycles. The molecule has 0 spiro atoms. The summed E-state index contributed by atoms with van der Waals surface area (Å²) >= 11 is 0. The second-order valence-electron chi connectivity index (χ2n) is 4.26. The summed E-state index contributed by atoms with van der Waals surface area (Å²) in [7, 11) is 2.63. The van der Waals surface area contributed by atoms with Crippen molar-refractivity contribution in [3.63, 3.8) is 0 Å². The van der Waals surface area contributed by atoms with Crippen LogP contribution in [0.25, 0.3) is 0 Å². The van der Waals surface area contributed by atoms with Crippen LogP contribution in [-0.4, -0.2) is 61.5 Å². The van der Waals surface area contributed by atoms with Gasteiger partial charge in [-0.2, -0.15) is 13.2 Å². The highest BCUT2D eigenvalue weighted by Gasteiger charge is 2.29. The van der Waals surface area contributed by atoms with E-state index in [9.17, 15) is 22.8 Å². The fraction of sp³-hybridized carbons (Fsp3) is 0.818. The Bertz CT molecular complexity index is 323. The number of carboxylic acids is 1. The van der Waals surface area contributed by atoms with Crippen LogP contribution in [-0.2, 0) is 9.53 Å². The van der Waals surface area contributed by atoms with Crippen LogP contribution in [0, 0.1) is 0 Å². The van der Waals surface area contributed by atoms with Gasteiger partial charge >= 0.3 is 18.2 Å². The van der Waals surface area contributed by atoms with Crippen molar-refractivity contribution >= 4 is 12.0 Å². The van der Waals surface area contributed by atoms with E-state index in [1.54, 1.807) is 0 Å². The number of alkyl halides is 3. The molecule has 0 aliphatic carbocycles. The molecule has 0 heterocycles. The van der Waals surface area contributed by atoms with Gasteiger partial charge in [-0.1, -0.05) is 0 Å². The Hall–Kier alpha value is -1.51. The molecule has 0 radical (unpaired) electrons. The number of methoxy groups -OCH3 is 1. The summed E-state index contributed by atoms with van der Waals surface area (Å²) in [6.45, 7) is -0.191. The van der Waals surface area contributed by atoms with Crippen molar-refractivity contribution in [2.24, 2.45) is 0 Å². The van der Waals surface area contributed by atoms with E-state index in [1.165, 1.54) is 14.2 Å². The van der Waals surface area contributed by atoms with Crippen LogP contribution >= 0.6 is 0 Å². The van der Waals surface area contributed by atoms with Crippen molar-refractivity contribution < 1.29 is 32.6 Å². The third-order valence-corrected chi connectivity index (χ3v) is 2.51. The molecule has 0 saturated carbocycles. The number of hydrogen-bond acceptors (Lipinski definition) is 3. The summed E-state index contributed by atoms with van der Waals surface area (Å²) in [6, 6.07) is -2.00. The second kappa shape index (κ2) is 8.62. The molecular formula is C11H19F3N2O4. The molecule has 9 heteroatoms. The zero-order valence-corrected chi connectivity index (χ0v) is 11.4. The van der Waals surface area contributed by atoms with Crippen LogP contribution < -0.4 is 5.32 Å². The van der Waals surface area contributed by atoms with Crippen LogP contribution in [0.1, 0.15) is 19.3 Å². The molecule has 0 saturated heterocycles. The van der Waals surface area contributed by atoms with Gasteiger partial charge in [-0.05, 0) is 12.8 Å². The summed E-state index contributed by atoms with van der Waals surface area (Å²) < 4.78 is 40.8. The normalized spacial score (nSPS) is 12.8. The van der Waals surface area contributed by atoms with Gasteiger partial charge < -0.3 is 20.1 Å². The molecule has 0 aromatic rings. The summed E-state index contributed by atoms with van der Waals surface area (Å²) in [4.78, 5) is 23.3. The first-order chi connectivity index (χ1) is 9.17. The molecule has 6 nitrogen and oxygen atoms in total. The molecule has 0 rings (SSSR count). The number of nitrogens with zero attached hydrogens (tertiary/aromatic N) is 1. The summed E-state index contributed by atoms with van der Waals surface area (Å²) in [5.74, 6) is -1.24. The van der Waals surface area contributed by atoms with E-state index in [1.807, 2.05) is 0 Å². The Morgan fingerprint density at radius 1 is 1.40 bits per heavy atom. The molecular weight excluding hydrogens is 281 g/mol. The SMILES string of the molecule is COCCCC(NC(=O)N(C)CCC(F)(F)F)C(=O)O. The van der Waals surface area contributed by atoms with E-state index in [0.717, 1.165) is 4.90 Å². The lowest BCUT2D eigenvalue weighted by Gasteiger charge is -2.21. The predicted molar refractivity (Wildman–Crippen MR) is 64.4 cm³/mol. The minimum absolute atomic E-state index is 0.141. The van der Waals surface area contributed by atoms with Gasteiger partial charge in [-0.25, -0.2) is 9.59 Å². The van der Waals surface area contributed by atoms with Gasteiger partial charge in [0.05, 0.1) is 6.42 Å². The van der Waals surface area contributed by atoms with Crippen molar-refractivity contribution in [2.75, 3.05) is 27.3 Å². The van der Waals surface area contributed by atoms with Gasteiger partial charge in [0.2, 0.25) is 0 Å². The smallest absolute Gasteiger partial charge is 0.390 e. The molecule has 0 bridgehead atoms. The second-order valence-corrected chi connectivity index (χ2v) is 4.26. The van der Waals surface area contributed by atoms with Crippen LogP contribution in [0.4, 0.5) is 18.0 Å². The van der Waals surface area contributed by atoms with E-state index >= 15 is 0 Å². The lowest BCUT2D eigenvalue weighted by atomic mass is 10.1. The topological polar surface area (TPSA) is 78.9 Å². The number of carbonyl (C=O) groups excluding carboxylic acids is 1. The van der Waals surface area contributed by atoms with Gasteiger partial charge in [0, 0.05) is 27.3 Å². The highest BCUT2D eigenvalue weighted by Crippen LogP contribution is 2.19. The summed E-state index contributed by atoms with van der Waals surface area (Å²) in [5, 5.41) is 11.1. The predicted octanol–water partition coefficient (Wildman–Crippen LogP) is 1.46. The fourth-order valence-electron chi connectivity index (χ4n) is 1.34. The van der Waals surface area contributed by atoms with Crippen LogP contribution in [0.5, 0.6) is 0 Å². The zero-order valence-electron chi connectivity index (χ0n) is 11.4. The van der Waals surface area contributed by atoms with Crippen molar-refractivity contribution in [2.45, 2.75) is 31.5 Å². The highest BCUT2D eigenvalue weighted by molar-refractivity contribution is 5.82. The van der Waals surface area contributed by atoms with Crippen LogP contribution in [0.3, 0.4) is 0 Å². The first kappa shape index (κ1) is 18.5. The molecule has 2 N–H and O–H groups in total. The molecule has 118 valence electrons. The Morgan fingerprint density at radius 2 is 2.00 bits per heavy atom. The standard InChI is InChI=1S/C11H19F3N2O4/c1-16(6-5-11(12,13)14)10(19)15-8(9(17)18)4-3-7-20-2/h8H,3-7H2,1-2H3,(H,15,19)(H,17,18). The molecule has 2 amide bonds. The Balaban J connectivity index is 4.26. The van der Waals surface area contributed by atoms with E-state index in [2.05, 4.69) is 5.32 Å². The Labute approximate surface area is 114 Å². The highest BCUT2D eigenvalue weighted by atomic mass is 19.4. The number of halogens is 3. The maximum Gasteiger partial charge on any atom is 0.390 e. The van der Waals surface area contributed by atoms with Crippen LogP contribution in [0.15, 0.2) is 0 Å². The maximum absolute atomic E-state index is 12.0. The Morgan fingerprint density at radius 3 is 2.45 bits per heavy atom. The minimum atomic E-state index is -4.36. The number of nitrogens with one attached hydrogen (secondary N) is 1. The van der Waals surface area contributed by atoms with Crippen molar-refractivity contribution in [3.05, 3.63) is 0 Å². The lowest BCUT2D eigenvalue weighted by molar-refractivity contribution is -0.140. The molecule has 0 aromatic heterocycles. The molecule has 20 heavy (non-hydrogen) atoms. The number of ether oxygens (including phenoxy) is 1. The van der Waals surface area contributed by atoms with Crippen molar-refractivity contribution in [1.82, 2.24) is 10.2 Å². The lowest BCUT2D eigenvalue weighted by Crippen LogP contribution is -2.47. The fourth-order valence-corrected chi connectivity index (χ4v) is 1.34. The molecule has 1 atom stereocenters.